The van der Waals surface area contributed by atoms with Crippen molar-refractivity contribution in [2.24, 2.45) is 0 Å². The van der Waals surface area contributed by atoms with Gasteiger partial charge in [0.25, 0.3) is 11.5 Å². The highest BCUT2D eigenvalue weighted by Gasteiger charge is 2.26. The Morgan fingerprint density at radius 1 is 0.971 bits per heavy atom. The van der Waals surface area contributed by atoms with Crippen LogP contribution < -0.4 is 11.2 Å². The molecule has 1 amide bonds. The predicted octanol–water partition coefficient (Wildman–Crippen LogP) is 3.67. The summed E-state index contributed by atoms with van der Waals surface area (Å²) in [5.74, 6) is -0.703. The number of rotatable bonds is 4. The Hall–Kier alpha value is -4.07. The van der Waals surface area contributed by atoms with Gasteiger partial charge in [-0.05, 0) is 62.1 Å². The van der Waals surface area contributed by atoms with Crippen molar-refractivity contribution >= 4 is 16.9 Å². The molecule has 1 aliphatic rings. The van der Waals surface area contributed by atoms with Crippen LogP contribution in [0.3, 0.4) is 0 Å². The van der Waals surface area contributed by atoms with Crippen LogP contribution in [0, 0.1) is 12.7 Å². The first kappa shape index (κ1) is 22.7. The van der Waals surface area contributed by atoms with Crippen LogP contribution >= 0.6 is 0 Å². The summed E-state index contributed by atoms with van der Waals surface area (Å²) in [7, 11) is 0. The zero-order valence-corrected chi connectivity index (χ0v) is 19.4. The molecule has 3 heterocycles. The van der Waals surface area contributed by atoms with Gasteiger partial charge < -0.3 is 4.90 Å². The third kappa shape index (κ3) is 4.27. The van der Waals surface area contributed by atoms with Crippen LogP contribution in [-0.2, 0) is 6.54 Å². The normalized spacial score (nSPS) is 13.8. The monoisotopic (exact) mass is 472 g/mol. The maximum Gasteiger partial charge on any atom is 0.337 e. The Bertz CT molecular complexity index is 1540. The molecule has 0 bridgehead atoms. The third-order valence-electron chi connectivity index (χ3n) is 6.34. The van der Waals surface area contributed by atoms with Crippen LogP contribution in [0.15, 0.2) is 70.3 Å². The van der Waals surface area contributed by atoms with Gasteiger partial charge in [-0.25, -0.2) is 18.7 Å². The van der Waals surface area contributed by atoms with E-state index < -0.39 is 17.1 Å². The number of fused-ring (bicyclic) bond motifs is 1. The van der Waals surface area contributed by atoms with Gasteiger partial charge >= 0.3 is 5.69 Å². The summed E-state index contributed by atoms with van der Waals surface area (Å²) < 4.78 is 16.3. The number of aryl methyl sites for hydroxylation is 1. The molecular formula is C27H25FN4O3. The molecule has 5 rings (SSSR count). The summed E-state index contributed by atoms with van der Waals surface area (Å²) in [6.45, 7) is 2.85. The van der Waals surface area contributed by atoms with Crippen molar-refractivity contribution in [2.75, 3.05) is 13.1 Å². The van der Waals surface area contributed by atoms with E-state index in [1.54, 1.807) is 48.2 Å². The molecule has 7 nitrogen and oxygen atoms in total. The Balaban J connectivity index is 1.82. The van der Waals surface area contributed by atoms with Gasteiger partial charge in [-0.15, -0.1) is 0 Å². The number of aromatic nitrogens is 3. The minimum atomic E-state index is -0.616. The molecule has 0 unspecified atom stereocenters. The maximum absolute atomic E-state index is 13.9. The van der Waals surface area contributed by atoms with Gasteiger partial charge in [0, 0.05) is 18.8 Å². The first-order chi connectivity index (χ1) is 16.9. The van der Waals surface area contributed by atoms with E-state index in [0.717, 1.165) is 23.8 Å². The maximum atomic E-state index is 13.9. The third-order valence-corrected chi connectivity index (χ3v) is 6.34. The van der Waals surface area contributed by atoms with Crippen LogP contribution in [0.1, 0.15) is 40.9 Å². The minimum Gasteiger partial charge on any atom is -0.339 e. The number of nitrogens with zero attached hydrogens (tertiary/aromatic N) is 4. The SMILES string of the molecule is Cc1cc(C(=O)N2CCCCC2)c2c(=O)n(Cc3cccc(F)c3)c(=O)n(-c3ccccc3)c2n1. The molecule has 0 N–H and O–H groups in total. The second kappa shape index (κ2) is 9.29. The van der Waals surface area contributed by atoms with E-state index in [1.165, 1.54) is 22.8 Å². The molecule has 0 spiro atoms. The zero-order chi connectivity index (χ0) is 24.5. The molecule has 1 fully saturated rings. The molecule has 0 aliphatic carbocycles. The highest BCUT2D eigenvalue weighted by atomic mass is 19.1. The highest BCUT2D eigenvalue weighted by molar-refractivity contribution is 6.05. The lowest BCUT2D eigenvalue weighted by Crippen LogP contribution is -2.42. The second-order valence-corrected chi connectivity index (χ2v) is 8.84. The largest absolute Gasteiger partial charge is 0.339 e. The van der Waals surface area contributed by atoms with Gasteiger partial charge in [0.15, 0.2) is 5.65 Å². The number of hydrogen-bond donors (Lipinski definition) is 0. The highest BCUT2D eigenvalue weighted by Crippen LogP contribution is 2.21. The quantitative estimate of drug-likeness (QED) is 0.454. The molecular weight excluding hydrogens is 447 g/mol. The van der Waals surface area contributed by atoms with Crippen molar-refractivity contribution in [2.45, 2.75) is 32.7 Å². The topological polar surface area (TPSA) is 77.2 Å². The molecule has 2 aromatic carbocycles. The van der Waals surface area contributed by atoms with E-state index in [0.29, 0.717) is 30.0 Å². The Kier molecular flexibility index (Phi) is 6.03. The Labute approximate surface area is 201 Å². The van der Waals surface area contributed by atoms with Gasteiger partial charge in [-0.2, -0.15) is 0 Å². The van der Waals surface area contributed by atoms with Crippen molar-refractivity contribution in [3.05, 3.63) is 104 Å². The molecule has 0 radical (unpaired) electrons. The minimum absolute atomic E-state index is 0.0889. The predicted molar refractivity (Wildman–Crippen MR) is 132 cm³/mol. The number of para-hydroxylation sites is 1. The number of piperidine rings is 1. The van der Waals surface area contributed by atoms with Crippen LogP contribution in [0.25, 0.3) is 16.7 Å². The second-order valence-electron chi connectivity index (χ2n) is 8.84. The molecule has 1 aliphatic heterocycles. The number of pyridine rings is 1. The Morgan fingerprint density at radius 3 is 2.43 bits per heavy atom. The number of benzene rings is 2. The molecule has 1 saturated heterocycles. The number of halogens is 1. The number of carbonyl (C=O) groups excluding carboxylic acids is 1. The van der Waals surface area contributed by atoms with E-state index in [1.807, 2.05) is 6.07 Å². The fourth-order valence-corrected chi connectivity index (χ4v) is 4.67. The van der Waals surface area contributed by atoms with Gasteiger partial charge in [0.2, 0.25) is 0 Å². The molecule has 0 saturated carbocycles. The first-order valence-corrected chi connectivity index (χ1v) is 11.7. The fraction of sp³-hybridized carbons (Fsp3) is 0.259. The Morgan fingerprint density at radius 2 is 1.71 bits per heavy atom. The van der Waals surface area contributed by atoms with Gasteiger partial charge in [0.1, 0.15) is 5.82 Å². The molecule has 35 heavy (non-hydrogen) atoms. The average Bonchev–Trinajstić information content (AvgIpc) is 2.87. The summed E-state index contributed by atoms with van der Waals surface area (Å²) in [5.41, 5.74) is 0.669. The summed E-state index contributed by atoms with van der Waals surface area (Å²) >= 11 is 0. The molecule has 4 aromatic rings. The summed E-state index contributed by atoms with van der Waals surface area (Å²) in [6.07, 6.45) is 2.88. The first-order valence-electron chi connectivity index (χ1n) is 11.7. The standard InChI is InChI=1S/C27H25FN4O3/c1-18-15-22(25(33)30-13-6-3-7-14-30)23-24(29-18)32(21-11-4-2-5-12-21)27(35)31(26(23)34)17-19-9-8-10-20(28)16-19/h2,4-5,8-12,15-16H,3,6-7,13-14,17H2,1H3. The molecule has 8 heteroatoms. The van der Waals surface area contributed by atoms with E-state index >= 15 is 0 Å². The van der Waals surface area contributed by atoms with E-state index in [2.05, 4.69) is 4.98 Å². The number of amides is 1. The number of carbonyl (C=O) groups is 1. The lowest BCUT2D eigenvalue weighted by Gasteiger charge is -2.27. The van der Waals surface area contributed by atoms with Crippen molar-refractivity contribution in [3.63, 3.8) is 0 Å². The molecule has 178 valence electrons. The summed E-state index contributed by atoms with van der Waals surface area (Å²) in [6, 6.07) is 16.3. The summed E-state index contributed by atoms with van der Waals surface area (Å²) in [5, 5.41) is 0.0889. The van der Waals surface area contributed by atoms with E-state index in [9.17, 15) is 18.8 Å². The van der Waals surface area contributed by atoms with Crippen molar-refractivity contribution in [1.82, 2.24) is 19.0 Å². The van der Waals surface area contributed by atoms with Crippen molar-refractivity contribution in [1.29, 1.82) is 0 Å². The summed E-state index contributed by atoms with van der Waals surface area (Å²) in [4.78, 5) is 47.3. The van der Waals surface area contributed by atoms with Crippen molar-refractivity contribution in [3.8, 4) is 5.69 Å². The zero-order valence-electron chi connectivity index (χ0n) is 19.4. The van der Waals surface area contributed by atoms with E-state index in [-0.39, 0.29) is 29.0 Å². The van der Waals surface area contributed by atoms with Gasteiger partial charge in [-0.3, -0.25) is 14.2 Å². The van der Waals surface area contributed by atoms with Crippen LogP contribution in [0.2, 0.25) is 0 Å². The van der Waals surface area contributed by atoms with Crippen LogP contribution in [-0.4, -0.2) is 38.0 Å². The lowest BCUT2D eigenvalue weighted by molar-refractivity contribution is 0.0726. The fourth-order valence-electron chi connectivity index (χ4n) is 4.67. The average molecular weight is 473 g/mol. The smallest absolute Gasteiger partial charge is 0.337 e. The molecule has 0 atom stereocenters. The van der Waals surface area contributed by atoms with Crippen molar-refractivity contribution < 1.29 is 9.18 Å². The van der Waals surface area contributed by atoms with Gasteiger partial charge in [0.05, 0.1) is 23.2 Å². The molecule has 2 aromatic heterocycles. The van der Waals surface area contributed by atoms with E-state index in [4.69, 9.17) is 0 Å². The lowest BCUT2D eigenvalue weighted by atomic mass is 10.1. The number of hydrogen-bond acceptors (Lipinski definition) is 4. The van der Waals surface area contributed by atoms with Gasteiger partial charge in [-0.1, -0.05) is 30.3 Å². The van der Waals surface area contributed by atoms with Crippen LogP contribution in [0.5, 0.6) is 0 Å². The number of likely N-dealkylation sites (tertiary alicyclic amines) is 1. The van der Waals surface area contributed by atoms with Crippen LogP contribution in [0.4, 0.5) is 4.39 Å².